The van der Waals surface area contributed by atoms with E-state index in [1.807, 2.05) is 6.92 Å². The predicted molar refractivity (Wildman–Crippen MR) is 117 cm³/mol. The fourth-order valence-electron chi connectivity index (χ4n) is 3.81. The lowest BCUT2D eigenvalue weighted by molar-refractivity contribution is -0.150. The smallest absolute Gasteiger partial charge is 0.259 e. The number of nitrogen functional groups attached to an aromatic ring is 1. The van der Waals surface area contributed by atoms with E-state index in [-0.39, 0.29) is 30.9 Å². The average molecular weight is 437 g/mol. The third kappa shape index (κ3) is 3.93. The molecule has 10 heteroatoms. The highest BCUT2D eigenvalue weighted by Crippen LogP contribution is 2.30. The monoisotopic (exact) mass is 437 g/mol. The zero-order valence-corrected chi connectivity index (χ0v) is 17.3. The molecule has 0 bridgehead atoms. The number of nitrogens with one attached hydrogen (secondary N) is 3. The van der Waals surface area contributed by atoms with Crippen molar-refractivity contribution in [3.8, 4) is 0 Å². The van der Waals surface area contributed by atoms with E-state index in [0.717, 1.165) is 5.56 Å². The Morgan fingerprint density at radius 1 is 1.28 bits per heavy atom. The molecule has 0 aromatic heterocycles. The number of hydrogen-bond donors (Lipinski definition) is 5. The first-order valence-corrected chi connectivity index (χ1v) is 10.1. The number of morpholine rings is 1. The average Bonchev–Trinajstić information content (AvgIpc) is 3.06. The number of rotatable bonds is 5. The van der Waals surface area contributed by atoms with Gasteiger partial charge in [-0.3, -0.25) is 19.8 Å². The van der Waals surface area contributed by atoms with Crippen LogP contribution in [0.5, 0.6) is 0 Å². The number of fused-ring (bicyclic) bond motifs is 1. The molecule has 2 aliphatic rings. The van der Waals surface area contributed by atoms with Gasteiger partial charge in [0.2, 0.25) is 0 Å². The lowest BCUT2D eigenvalue weighted by Crippen LogP contribution is -2.55. The molecule has 3 amide bonds. The molecule has 2 aromatic rings. The van der Waals surface area contributed by atoms with Crippen LogP contribution in [0.15, 0.2) is 42.5 Å². The van der Waals surface area contributed by atoms with E-state index in [4.69, 9.17) is 15.9 Å². The Kier molecular flexibility index (Phi) is 5.64. The van der Waals surface area contributed by atoms with Crippen LogP contribution in [0.2, 0.25) is 0 Å². The molecule has 0 spiro atoms. The van der Waals surface area contributed by atoms with Crippen LogP contribution in [0, 0.1) is 5.41 Å². The molecule has 3 atom stereocenters. The molecule has 10 nitrogen and oxygen atoms in total. The number of benzene rings is 2. The summed E-state index contributed by atoms with van der Waals surface area (Å²) in [5, 5.41) is 23.2. The van der Waals surface area contributed by atoms with Gasteiger partial charge in [0.05, 0.1) is 12.6 Å². The van der Waals surface area contributed by atoms with Crippen molar-refractivity contribution in [2.45, 2.75) is 25.2 Å². The molecule has 0 saturated carbocycles. The number of aliphatic hydroxyl groups is 1. The molecular weight excluding hydrogens is 414 g/mol. The van der Waals surface area contributed by atoms with E-state index in [9.17, 15) is 19.5 Å². The third-order valence-corrected chi connectivity index (χ3v) is 5.55. The third-order valence-electron chi connectivity index (χ3n) is 5.55. The summed E-state index contributed by atoms with van der Waals surface area (Å²) in [4.78, 5) is 39.1. The number of nitrogens with zero attached hydrogens (tertiary/aromatic N) is 1. The van der Waals surface area contributed by atoms with Crippen LogP contribution in [-0.2, 0) is 14.3 Å². The number of hydrogen-bond acceptors (Lipinski definition) is 6. The number of aliphatic hydroxyl groups excluding tert-OH is 1. The summed E-state index contributed by atoms with van der Waals surface area (Å²) in [6, 6.07) is 11.2. The second-order valence-electron chi connectivity index (χ2n) is 7.67. The molecule has 2 aromatic carbocycles. The highest BCUT2D eigenvalue weighted by Gasteiger charge is 2.40. The van der Waals surface area contributed by atoms with Gasteiger partial charge in [-0.1, -0.05) is 6.07 Å². The Morgan fingerprint density at radius 3 is 2.69 bits per heavy atom. The lowest BCUT2D eigenvalue weighted by atomic mass is 10.0. The van der Waals surface area contributed by atoms with E-state index in [1.54, 1.807) is 30.3 Å². The van der Waals surface area contributed by atoms with Crippen molar-refractivity contribution < 1.29 is 24.2 Å². The molecule has 1 unspecified atom stereocenters. The molecular formula is C22H23N5O5. The molecule has 32 heavy (non-hydrogen) atoms. The largest absolute Gasteiger partial charge is 0.384 e. The zero-order valence-electron chi connectivity index (χ0n) is 17.3. The van der Waals surface area contributed by atoms with Gasteiger partial charge in [0.1, 0.15) is 5.84 Å². The Hall–Kier alpha value is -3.76. The van der Waals surface area contributed by atoms with Gasteiger partial charge in [-0.2, -0.15) is 0 Å². The number of amides is 3. The van der Waals surface area contributed by atoms with Crippen molar-refractivity contribution in [3.63, 3.8) is 0 Å². The fraction of sp³-hybridized carbons (Fsp3) is 0.273. The van der Waals surface area contributed by atoms with Crippen molar-refractivity contribution in [1.29, 1.82) is 5.41 Å². The van der Waals surface area contributed by atoms with Gasteiger partial charge in [0, 0.05) is 29.0 Å². The quantitative estimate of drug-likeness (QED) is 0.339. The van der Waals surface area contributed by atoms with Gasteiger partial charge in [0.25, 0.3) is 17.7 Å². The van der Waals surface area contributed by atoms with Gasteiger partial charge >= 0.3 is 0 Å². The Balaban J connectivity index is 1.48. The van der Waals surface area contributed by atoms with Crippen LogP contribution in [-0.4, -0.2) is 54.0 Å². The molecule has 4 rings (SSSR count). The Morgan fingerprint density at radius 2 is 2.00 bits per heavy atom. The molecule has 0 radical (unpaired) electrons. The maximum absolute atomic E-state index is 13.0. The molecule has 1 saturated heterocycles. The van der Waals surface area contributed by atoms with Gasteiger partial charge in [0.15, 0.2) is 12.2 Å². The van der Waals surface area contributed by atoms with Gasteiger partial charge < -0.3 is 31.1 Å². The fourth-order valence-corrected chi connectivity index (χ4v) is 3.81. The van der Waals surface area contributed by atoms with Crippen molar-refractivity contribution >= 4 is 34.9 Å². The van der Waals surface area contributed by atoms with Crippen LogP contribution in [0.1, 0.15) is 34.5 Å². The standard InChI is InChI=1S/C22H23N5O5/c1-11-15-7-6-14(10-16(15)20(29)25-11)27-8-9-32-18(22(27)31)17(28)21(30)26-13-4-2-12(3-5-13)19(23)24/h2-7,10-11,17-18,28H,8-9H2,1H3,(H3,23,24)(H,25,29)(H,26,30)/t11?,17-,18-/m1/s1. The van der Waals surface area contributed by atoms with Crippen LogP contribution >= 0.6 is 0 Å². The number of carbonyl (C=O) groups excluding carboxylic acids is 3. The summed E-state index contributed by atoms with van der Waals surface area (Å²) in [6.07, 6.45) is -3.13. The minimum Gasteiger partial charge on any atom is -0.384 e. The second-order valence-corrected chi connectivity index (χ2v) is 7.67. The number of anilines is 2. The topological polar surface area (TPSA) is 158 Å². The molecule has 166 valence electrons. The summed E-state index contributed by atoms with van der Waals surface area (Å²) in [5.41, 5.74) is 8.12. The van der Waals surface area contributed by atoms with Crippen molar-refractivity contribution in [3.05, 3.63) is 59.2 Å². The molecule has 2 heterocycles. The summed E-state index contributed by atoms with van der Waals surface area (Å²) >= 11 is 0. The maximum Gasteiger partial charge on any atom is 0.259 e. The van der Waals surface area contributed by atoms with Crippen LogP contribution < -0.4 is 21.3 Å². The number of ether oxygens (including phenoxy) is 1. The highest BCUT2D eigenvalue weighted by molar-refractivity contribution is 6.05. The van der Waals surface area contributed by atoms with E-state index >= 15 is 0 Å². The SMILES string of the molecule is CC1NC(=O)c2cc(N3CCO[C@H]([C@@H](O)C(=O)Nc4ccc(C(=N)N)cc4)C3=O)ccc21. The predicted octanol–water partition coefficient (Wildman–Crippen LogP) is 0.506. The van der Waals surface area contributed by atoms with Crippen molar-refractivity contribution in [2.75, 3.05) is 23.4 Å². The van der Waals surface area contributed by atoms with Gasteiger partial charge in [-0.15, -0.1) is 0 Å². The van der Waals surface area contributed by atoms with Crippen LogP contribution in [0.25, 0.3) is 0 Å². The molecule has 1 fully saturated rings. The van der Waals surface area contributed by atoms with Crippen LogP contribution in [0.4, 0.5) is 11.4 Å². The van der Waals surface area contributed by atoms with Crippen LogP contribution in [0.3, 0.4) is 0 Å². The number of nitrogens with two attached hydrogens (primary N) is 1. The lowest BCUT2D eigenvalue weighted by Gasteiger charge is -2.34. The number of amidine groups is 1. The number of carbonyl (C=O) groups is 3. The summed E-state index contributed by atoms with van der Waals surface area (Å²) in [5.74, 6) is -1.69. The van der Waals surface area contributed by atoms with Gasteiger partial charge in [-0.05, 0) is 48.9 Å². The molecule has 0 aliphatic carbocycles. The van der Waals surface area contributed by atoms with E-state index in [1.165, 1.54) is 17.0 Å². The highest BCUT2D eigenvalue weighted by atomic mass is 16.5. The maximum atomic E-state index is 13.0. The van der Waals surface area contributed by atoms with E-state index in [0.29, 0.717) is 22.5 Å². The van der Waals surface area contributed by atoms with Crippen molar-refractivity contribution in [2.24, 2.45) is 5.73 Å². The van der Waals surface area contributed by atoms with Gasteiger partial charge in [-0.25, -0.2) is 0 Å². The van der Waals surface area contributed by atoms with Crippen molar-refractivity contribution in [1.82, 2.24) is 5.32 Å². The summed E-state index contributed by atoms with van der Waals surface area (Å²) in [7, 11) is 0. The summed E-state index contributed by atoms with van der Waals surface area (Å²) < 4.78 is 5.42. The minimum atomic E-state index is -1.74. The second kappa shape index (κ2) is 8.40. The van der Waals surface area contributed by atoms with E-state index < -0.39 is 24.0 Å². The first-order valence-electron chi connectivity index (χ1n) is 10.1. The first-order chi connectivity index (χ1) is 15.3. The minimum absolute atomic E-state index is 0.102. The van der Waals surface area contributed by atoms with E-state index in [2.05, 4.69) is 10.6 Å². The normalized spacial score (nSPS) is 21.0. The molecule has 2 aliphatic heterocycles. The first kappa shape index (κ1) is 21.5. The zero-order chi connectivity index (χ0) is 23.0. The Labute approximate surface area is 183 Å². The molecule has 6 N–H and O–H groups in total. The Bertz CT molecular complexity index is 1100. The summed E-state index contributed by atoms with van der Waals surface area (Å²) in [6.45, 7) is 2.22.